The second kappa shape index (κ2) is 6.43. The molecule has 0 radical (unpaired) electrons. The lowest BCUT2D eigenvalue weighted by Crippen LogP contribution is -2.31. The van der Waals surface area contributed by atoms with E-state index in [0.717, 1.165) is 24.3 Å². The van der Waals surface area contributed by atoms with E-state index in [0.29, 0.717) is 6.04 Å². The summed E-state index contributed by atoms with van der Waals surface area (Å²) in [7, 11) is 0. The molecule has 0 unspecified atom stereocenters. The number of aryl methyl sites for hydroxylation is 1. The van der Waals surface area contributed by atoms with Gasteiger partial charge in [0.05, 0.1) is 11.4 Å². The van der Waals surface area contributed by atoms with Crippen molar-refractivity contribution in [1.82, 2.24) is 0 Å². The van der Waals surface area contributed by atoms with Crippen LogP contribution >= 0.6 is 0 Å². The molecule has 0 bridgehead atoms. The van der Waals surface area contributed by atoms with Crippen molar-refractivity contribution < 1.29 is 4.79 Å². The van der Waals surface area contributed by atoms with Crippen LogP contribution < -0.4 is 10.2 Å². The minimum atomic E-state index is -0.0167. The average Bonchev–Trinajstić information content (AvgIpc) is 2.30. The lowest BCUT2D eigenvalue weighted by Gasteiger charge is -2.30. The molecule has 0 heterocycles. The highest BCUT2D eigenvalue weighted by Gasteiger charge is 2.15. The smallest absolute Gasteiger partial charge is 0.221 e. The second-order valence-electron chi connectivity index (χ2n) is 4.73. The Morgan fingerprint density at radius 1 is 1.33 bits per heavy atom. The molecule has 100 valence electrons. The van der Waals surface area contributed by atoms with Crippen LogP contribution in [0.5, 0.6) is 0 Å². The summed E-state index contributed by atoms with van der Waals surface area (Å²) < 4.78 is 0. The van der Waals surface area contributed by atoms with Crippen molar-refractivity contribution in [2.24, 2.45) is 0 Å². The molecular formula is C15H24N2O. The van der Waals surface area contributed by atoms with Crippen molar-refractivity contribution in [3.8, 4) is 0 Å². The Bertz CT molecular complexity index is 413. The SMILES string of the molecule is CCc1cccc(N(CC)C(C)C)c1NC(C)=O. The first-order chi connectivity index (χ1) is 8.51. The molecular weight excluding hydrogens is 224 g/mol. The highest BCUT2D eigenvalue weighted by Crippen LogP contribution is 2.31. The predicted octanol–water partition coefficient (Wildman–Crippen LogP) is 3.44. The van der Waals surface area contributed by atoms with E-state index in [2.05, 4.69) is 56.1 Å². The van der Waals surface area contributed by atoms with Crippen LogP contribution in [0.15, 0.2) is 18.2 Å². The molecule has 0 atom stereocenters. The minimum Gasteiger partial charge on any atom is -0.368 e. The summed E-state index contributed by atoms with van der Waals surface area (Å²) in [5.74, 6) is -0.0167. The maximum atomic E-state index is 11.4. The fraction of sp³-hybridized carbons (Fsp3) is 0.533. The largest absolute Gasteiger partial charge is 0.368 e. The Hall–Kier alpha value is -1.51. The maximum Gasteiger partial charge on any atom is 0.221 e. The number of hydrogen-bond acceptors (Lipinski definition) is 2. The first-order valence-corrected chi connectivity index (χ1v) is 6.67. The lowest BCUT2D eigenvalue weighted by atomic mass is 10.1. The van der Waals surface area contributed by atoms with E-state index in [9.17, 15) is 4.79 Å². The summed E-state index contributed by atoms with van der Waals surface area (Å²) >= 11 is 0. The van der Waals surface area contributed by atoms with Gasteiger partial charge in [0.25, 0.3) is 0 Å². The first-order valence-electron chi connectivity index (χ1n) is 6.67. The molecule has 0 aliphatic rings. The first kappa shape index (κ1) is 14.6. The number of hydrogen-bond donors (Lipinski definition) is 1. The second-order valence-corrected chi connectivity index (χ2v) is 4.73. The number of anilines is 2. The quantitative estimate of drug-likeness (QED) is 0.865. The van der Waals surface area contributed by atoms with Gasteiger partial charge in [-0.2, -0.15) is 0 Å². The lowest BCUT2D eigenvalue weighted by molar-refractivity contribution is -0.114. The Labute approximate surface area is 110 Å². The van der Waals surface area contributed by atoms with Crippen LogP contribution in [0, 0.1) is 0 Å². The molecule has 3 heteroatoms. The van der Waals surface area contributed by atoms with Crippen molar-refractivity contribution >= 4 is 17.3 Å². The molecule has 18 heavy (non-hydrogen) atoms. The third kappa shape index (κ3) is 3.25. The van der Waals surface area contributed by atoms with Crippen molar-refractivity contribution in [2.75, 3.05) is 16.8 Å². The Morgan fingerprint density at radius 3 is 2.44 bits per heavy atom. The number of rotatable bonds is 5. The predicted molar refractivity (Wildman–Crippen MR) is 78.3 cm³/mol. The Kier molecular flexibility index (Phi) is 5.20. The molecule has 1 rings (SSSR count). The summed E-state index contributed by atoms with van der Waals surface area (Å²) in [6, 6.07) is 6.62. The van der Waals surface area contributed by atoms with E-state index in [4.69, 9.17) is 0 Å². The van der Waals surface area contributed by atoms with Gasteiger partial charge in [-0.1, -0.05) is 19.1 Å². The summed E-state index contributed by atoms with van der Waals surface area (Å²) in [6.07, 6.45) is 0.916. The van der Waals surface area contributed by atoms with E-state index in [-0.39, 0.29) is 5.91 Å². The van der Waals surface area contributed by atoms with Crippen LogP contribution in [0.1, 0.15) is 40.2 Å². The maximum absolute atomic E-state index is 11.4. The standard InChI is InChI=1S/C15H24N2O/c1-6-13-9-8-10-14(15(13)16-12(5)18)17(7-2)11(3)4/h8-11H,6-7H2,1-5H3,(H,16,18). The summed E-state index contributed by atoms with van der Waals surface area (Å²) in [4.78, 5) is 13.7. The summed E-state index contributed by atoms with van der Waals surface area (Å²) in [5.41, 5.74) is 3.26. The normalized spacial score (nSPS) is 10.6. The van der Waals surface area contributed by atoms with Gasteiger partial charge in [-0.3, -0.25) is 4.79 Å². The third-order valence-corrected chi connectivity index (χ3v) is 3.08. The van der Waals surface area contributed by atoms with E-state index in [1.165, 1.54) is 5.56 Å². The van der Waals surface area contributed by atoms with Gasteiger partial charge in [-0.15, -0.1) is 0 Å². The van der Waals surface area contributed by atoms with Gasteiger partial charge in [0.2, 0.25) is 5.91 Å². The van der Waals surface area contributed by atoms with E-state index in [1.54, 1.807) is 6.92 Å². The van der Waals surface area contributed by atoms with Crippen molar-refractivity contribution in [1.29, 1.82) is 0 Å². The van der Waals surface area contributed by atoms with Crippen molar-refractivity contribution in [2.45, 2.75) is 47.1 Å². The zero-order valence-corrected chi connectivity index (χ0v) is 12.1. The number of nitrogens with one attached hydrogen (secondary N) is 1. The van der Waals surface area contributed by atoms with Gasteiger partial charge in [0.15, 0.2) is 0 Å². The highest BCUT2D eigenvalue weighted by atomic mass is 16.1. The van der Waals surface area contributed by atoms with Gasteiger partial charge >= 0.3 is 0 Å². The molecule has 0 saturated carbocycles. The summed E-state index contributed by atoms with van der Waals surface area (Å²) in [6.45, 7) is 11.1. The van der Waals surface area contributed by atoms with E-state index in [1.807, 2.05) is 0 Å². The van der Waals surface area contributed by atoms with Crippen LogP contribution in [-0.2, 0) is 11.2 Å². The molecule has 0 spiro atoms. The zero-order valence-electron chi connectivity index (χ0n) is 12.1. The molecule has 1 amide bonds. The van der Waals surface area contributed by atoms with Gasteiger partial charge in [-0.25, -0.2) is 0 Å². The van der Waals surface area contributed by atoms with Crippen molar-refractivity contribution in [3.63, 3.8) is 0 Å². The van der Waals surface area contributed by atoms with Gasteiger partial charge in [0.1, 0.15) is 0 Å². The number of benzene rings is 1. The molecule has 0 aromatic heterocycles. The summed E-state index contributed by atoms with van der Waals surface area (Å²) in [5, 5.41) is 2.98. The third-order valence-electron chi connectivity index (χ3n) is 3.08. The number of amides is 1. The average molecular weight is 248 g/mol. The molecule has 1 aromatic rings. The van der Waals surface area contributed by atoms with Crippen LogP contribution in [0.4, 0.5) is 11.4 Å². The van der Waals surface area contributed by atoms with E-state index >= 15 is 0 Å². The number of para-hydroxylation sites is 1. The molecule has 0 fully saturated rings. The number of carbonyl (C=O) groups is 1. The van der Waals surface area contributed by atoms with Crippen LogP contribution in [0.3, 0.4) is 0 Å². The van der Waals surface area contributed by atoms with Crippen LogP contribution in [0.2, 0.25) is 0 Å². The van der Waals surface area contributed by atoms with Gasteiger partial charge in [0, 0.05) is 19.5 Å². The van der Waals surface area contributed by atoms with Crippen LogP contribution in [0.25, 0.3) is 0 Å². The van der Waals surface area contributed by atoms with Crippen LogP contribution in [-0.4, -0.2) is 18.5 Å². The van der Waals surface area contributed by atoms with Crippen molar-refractivity contribution in [3.05, 3.63) is 23.8 Å². The topological polar surface area (TPSA) is 32.3 Å². The fourth-order valence-corrected chi connectivity index (χ4v) is 2.25. The number of nitrogens with zero attached hydrogens (tertiary/aromatic N) is 1. The van der Waals surface area contributed by atoms with Gasteiger partial charge < -0.3 is 10.2 Å². The number of carbonyl (C=O) groups excluding carboxylic acids is 1. The molecule has 3 nitrogen and oxygen atoms in total. The zero-order chi connectivity index (χ0) is 13.7. The fourth-order valence-electron chi connectivity index (χ4n) is 2.25. The highest BCUT2D eigenvalue weighted by molar-refractivity contribution is 5.94. The molecule has 1 N–H and O–H groups in total. The molecule has 0 saturated heterocycles. The molecule has 0 aliphatic carbocycles. The Morgan fingerprint density at radius 2 is 2.00 bits per heavy atom. The molecule has 0 aliphatic heterocycles. The monoisotopic (exact) mass is 248 g/mol. The van der Waals surface area contributed by atoms with E-state index < -0.39 is 0 Å². The Balaban J connectivity index is 3.28. The van der Waals surface area contributed by atoms with Gasteiger partial charge in [-0.05, 0) is 38.8 Å². The minimum absolute atomic E-state index is 0.0167. The molecule has 1 aromatic carbocycles.